The monoisotopic (exact) mass is 292 g/mol. The number of aliphatic hydroxyl groups is 1. The van der Waals surface area contributed by atoms with E-state index in [2.05, 4.69) is 0 Å². The molecule has 1 aliphatic rings. The van der Waals surface area contributed by atoms with Crippen LogP contribution in [-0.4, -0.2) is 5.11 Å². The first-order chi connectivity index (χ1) is 10.1. The van der Waals surface area contributed by atoms with Crippen molar-refractivity contribution in [2.75, 3.05) is 0 Å². The smallest absolute Gasteiger partial charge is 0.134 e. The molecule has 1 nitrogen and oxygen atoms in total. The Balaban J connectivity index is 2.03. The number of hydrogen-bond donors (Lipinski definition) is 1. The molecule has 0 saturated heterocycles. The van der Waals surface area contributed by atoms with Gasteiger partial charge in [0.2, 0.25) is 0 Å². The third-order valence-corrected chi connectivity index (χ3v) is 4.14. The van der Waals surface area contributed by atoms with Crippen LogP contribution >= 0.6 is 0 Å². The molecule has 0 amide bonds. The molecular weight excluding hydrogens is 277 g/mol. The van der Waals surface area contributed by atoms with Crippen molar-refractivity contribution < 1.29 is 18.3 Å². The highest BCUT2D eigenvalue weighted by Gasteiger charge is 2.31. The third-order valence-electron chi connectivity index (χ3n) is 4.14. The summed E-state index contributed by atoms with van der Waals surface area (Å²) < 4.78 is 40.7. The van der Waals surface area contributed by atoms with Crippen LogP contribution in [0, 0.1) is 17.5 Å². The van der Waals surface area contributed by atoms with Gasteiger partial charge in [0.05, 0.1) is 11.7 Å². The van der Waals surface area contributed by atoms with Crippen LogP contribution in [0.4, 0.5) is 13.2 Å². The van der Waals surface area contributed by atoms with Crippen LogP contribution in [0.2, 0.25) is 0 Å². The Morgan fingerprint density at radius 2 is 1.71 bits per heavy atom. The normalized spacial score (nSPS) is 19.1. The molecule has 0 radical (unpaired) electrons. The van der Waals surface area contributed by atoms with Crippen LogP contribution in [-0.2, 0) is 6.42 Å². The van der Waals surface area contributed by atoms with Crippen molar-refractivity contribution >= 4 is 0 Å². The standard InChI is InChI=1S/C17H15F3O/c18-11-8-14(19)16(15(20)9-11)17(21)13-7-3-5-10-4-1-2-6-12(10)13/h1-2,4,6,8-9,13,17,21H,3,5,7H2. The van der Waals surface area contributed by atoms with Crippen LogP contribution in [0.25, 0.3) is 0 Å². The second kappa shape index (κ2) is 5.53. The molecule has 0 heterocycles. The molecule has 0 spiro atoms. The van der Waals surface area contributed by atoms with Crippen LogP contribution in [0.3, 0.4) is 0 Å². The van der Waals surface area contributed by atoms with Crippen LogP contribution in [0.15, 0.2) is 36.4 Å². The highest BCUT2D eigenvalue weighted by molar-refractivity contribution is 5.36. The Morgan fingerprint density at radius 3 is 2.43 bits per heavy atom. The summed E-state index contributed by atoms with van der Waals surface area (Å²) in [4.78, 5) is 0. The maximum Gasteiger partial charge on any atom is 0.134 e. The second-order valence-corrected chi connectivity index (χ2v) is 5.43. The fraction of sp³-hybridized carbons (Fsp3) is 0.294. The Morgan fingerprint density at radius 1 is 1.05 bits per heavy atom. The molecule has 0 aliphatic heterocycles. The number of aliphatic hydroxyl groups excluding tert-OH is 1. The van der Waals surface area contributed by atoms with E-state index < -0.39 is 29.1 Å². The van der Waals surface area contributed by atoms with Crippen molar-refractivity contribution in [2.24, 2.45) is 0 Å². The summed E-state index contributed by atoms with van der Waals surface area (Å²) in [7, 11) is 0. The van der Waals surface area contributed by atoms with Crippen molar-refractivity contribution in [3.05, 3.63) is 70.5 Å². The molecule has 0 aromatic heterocycles. The van der Waals surface area contributed by atoms with E-state index in [0.717, 1.165) is 24.0 Å². The van der Waals surface area contributed by atoms with E-state index in [-0.39, 0.29) is 5.92 Å². The quantitative estimate of drug-likeness (QED) is 0.877. The highest BCUT2D eigenvalue weighted by Crippen LogP contribution is 2.41. The Kier molecular flexibility index (Phi) is 3.72. The SMILES string of the molecule is OC(c1c(F)cc(F)cc1F)C1CCCc2ccccc21. The summed E-state index contributed by atoms with van der Waals surface area (Å²) in [5, 5.41) is 10.4. The lowest BCUT2D eigenvalue weighted by molar-refractivity contribution is 0.127. The number of aryl methyl sites for hydroxylation is 1. The number of benzene rings is 2. The van der Waals surface area contributed by atoms with Crippen LogP contribution in [0.1, 0.15) is 41.6 Å². The summed E-state index contributed by atoms with van der Waals surface area (Å²) >= 11 is 0. The molecule has 0 saturated carbocycles. The first-order valence-electron chi connectivity index (χ1n) is 6.98. The molecule has 3 rings (SSSR count). The number of halogens is 3. The first kappa shape index (κ1) is 14.1. The first-order valence-corrected chi connectivity index (χ1v) is 6.98. The van der Waals surface area contributed by atoms with Crippen molar-refractivity contribution in [3.63, 3.8) is 0 Å². The van der Waals surface area contributed by atoms with Gasteiger partial charge in [-0.1, -0.05) is 24.3 Å². The molecule has 21 heavy (non-hydrogen) atoms. The van der Waals surface area contributed by atoms with Crippen molar-refractivity contribution in [2.45, 2.75) is 31.3 Å². The van der Waals surface area contributed by atoms with Gasteiger partial charge in [-0.05, 0) is 30.4 Å². The van der Waals surface area contributed by atoms with Gasteiger partial charge in [-0.3, -0.25) is 0 Å². The van der Waals surface area contributed by atoms with E-state index in [1.807, 2.05) is 24.3 Å². The van der Waals surface area contributed by atoms with E-state index in [0.29, 0.717) is 18.6 Å². The van der Waals surface area contributed by atoms with E-state index in [9.17, 15) is 18.3 Å². The molecule has 110 valence electrons. The van der Waals surface area contributed by atoms with E-state index in [1.165, 1.54) is 0 Å². The van der Waals surface area contributed by atoms with E-state index >= 15 is 0 Å². The summed E-state index contributed by atoms with van der Waals surface area (Å²) in [6, 6.07) is 8.81. The minimum absolute atomic E-state index is 0.371. The molecule has 4 heteroatoms. The van der Waals surface area contributed by atoms with Gasteiger partial charge in [0.25, 0.3) is 0 Å². The van der Waals surface area contributed by atoms with E-state index in [1.54, 1.807) is 0 Å². The van der Waals surface area contributed by atoms with Crippen molar-refractivity contribution in [3.8, 4) is 0 Å². The summed E-state index contributed by atoms with van der Waals surface area (Å²) in [5.41, 5.74) is 1.56. The molecule has 2 aromatic rings. The average Bonchev–Trinajstić information content (AvgIpc) is 2.45. The minimum Gasteiger partial charge on any atom is -0.388 e. The molecule has 1 aliphatic carbocycles. The van der Waals surface area contributed by atoms with Gasteiger partial charge < -0.3 is 5.11 Å². The fourth-order valence-corrected chi connectivity index (χ4v) is 3.16. The van der Waals surface area contributed by atoms with Gasteiger partial charge in [-0.15, -0.1) is 0 Å². The molecule has 2 atom stereocenters. The molecule has 2 unspecified atom stereocenters. The summed E-state index contributed by atoms with van der Waals surface area (Å²) in [5.74, 6) is -3.43. The number of fused-ring (bicyclic) bond motifs is 1. The lowest BCUT2D eigenvalue weighted by Crippen LogP contribution is -2.19. The van der Waals surface area contributed by atoms with Gasteiger partial charge in [-0.25, -0.2) is 13.2 Å². The van der Waals surface area contributed by atoms with E-state index in [4.69, 9.17) is 0 Å². The average molecular weight is 292 g/mol. The number of hydrogen-bond acceptors (Lipinski definition) is 1. The molecule has 0 fully saturated rings. The Labute approximate surface area is 121 Å². The minimum atomic E-state index is -1.31. The van der Waals surface area contributed by atoms with Gasteiger partial charge in [0, 0.05) is 18.1 Å². The topological polar surface area (TPSA) is 20.2 Å². The Hall–Kier alpha value is -1.81. The number of rotatable bonds is 2. The predicted octanol–water partition coefficient (Wildman–Crippen LogP) is 4.26. The zero-order valence-corrected chi connectivity index (χ0v) is 11.3. The molecule has 0 bridgehead atoms. The third kappa shape index (κ3) is 2.56. The molecule has 2 aromatic carbocycles. The van der Waals surface area contributed by atoms with Gasteiger partial charge in [0.1, 0.15) is 17.5 Å². The summed E-state index contributed by atoms with van der Waals surface area (Å²) in [6.07, 6.45) is 1.08. The largest absolute Gasteiger partial charge is 0.388 e. The lowest BCUT2D eigenvalue weighted by Gasteiger charge is -2.30. The maximum absolute atomic E-state index is 13.9. The van der Waals surface area contributed by atoms with Gasteiger partial charge >= 0.3 is 0 Å². The van der Waals surface area contributed by atoms with Crippen molar-refractivity contribution in [1.82, 2.24) is 0 Å². The van der Waals surface area contributed by atoms with Crippen molar-refractivity contribution in [1.29, 1.82) is 0 Å². The fourth-order valence-electron chi connectivity index (χ4n) is 3.16. The molecular formula is C17H15F3O. The highest BCUT2D eigenvalue weighted by atomic mass is 19.1. The maximum atomic E-state index is 13.9. The predicted molar refractivity (Wildman–Crippen MR) is 73.4 cm³/mol. The van der Waals surface area contributed by atoms with Crippen LogP contribution in [0.5, 0.6) is 0 Å². The second-order valence-electron chi connectivity index (χ2n) is 5.43. The zero-order chi connectivity index (χ0) is 15.0. The van der Waals surface area contributed by atoms with Crippen LogP contribution < -0.4 is 0 Å². The summed E-state index contributed by atoms with van der Waals surface area (Å²) in [6.45, 7) is 0. The zero-order valence-electron chi connectivity index (χ0n) is 11.3. The van der Waals surface area contributed by atoms with Gasteiger partial charge in [0.15, 0.2) is 0 Å². The molecule has 1 N–H and O–H groups in total. The Bertz CT molecular complexity index is 646. The lowest BCUT2D eigenvalue weighted by atomic mass is 9.78. The van der Waals surface area contributed by atoms with Gasteiger partial charge in [-0.2, -0.15) is 0 Å².